The van der Waals surface area contributed by atoms with Crippen LogP contribution in [0.2, 0.25) is 0 Å². The number of hydrogen-bond donors (Lipinski definition) is 1. The van der Waals surface area contributed by atoms with Crippen molar-refractivity contribution in [2.75, 3.05) is 46.4 Å². The largest absolute Gasteiger partial charge is 0.379 e. The van der Waals surface area contributed by atoms with Crippen molar-refractivity contribution in [1.82, 2.24) is 15.1 Å². The zero-order chi connectivity index (χ0) is 16.7. The van der Waals surface area contributed by atoms with E-state index in [4.69, 9.17) is 4.74 Å². The lowest BCUT2D eigenvalue weighted by atomic mass is 10.1. The number of likely N-dealkylation sites (N-methyl/N-ethyl adjacent to an activating group) is 1. The number of nitrogens with one attached hydrogen (secondary N) is 1. The van der Waals surface area contributed by atoms with Crippen LogP contribution in [-0.4, -0.2) is 68.2 Å². The molecule has 0 bridgehead atoms. The molecule has 5 nitrogen and oxygen atoms in total. The lowest BCUT2D eigenvalue weighted by Gasteiger charge is -2.37. The van der Waals surface area contributed by atoms with Crippen LogP contribution in [0.4, 0.5) is 0 Å². The number of carbonyl (C=O) groups excluding carboxylic acids is 1. The molecule has 1 N–H and O–H groups in total. The van der Waals surface area contributed by atoms with Gasteiger partial charge in [0.25, 0.3) is 0 Å². The predicted molar refractivity (Wildman–Crippen MR) is 94.8 cm³/mol. The van der Waals surface area contributed by atoms with Gasteiger partial charge in [-0.2, -0.15) is 0 Å². The average Bonchev–Trinajstić information content (AvgIpc) is 3.11. The minimum Gasteiger partial charge on any atom is -0.379 e. The number of thiophene rings is 1. The summed E-state index contributed by atoms with van der Waals surface area (Å²) in [5, 5.41) is 5.11. The van der Waals surface area contributed by atoms with Gasteiger partial charge in [0.05, 0.1) is 25.3 Å². The summed E-state index contributed by atoms with van der Waals surface area (Å²) >= 11 is 1.79. The summed E-state index contributed by atoms with van der Waals surface area (Å²) in [5.41, 5.74) is 0. The molecule has 23 heavy (non-hydrogen) atoms. The zero-order valence-electron chi connectivity index (χ0n) is 14.5. The Hall–Kier alpha value is -0.950. The third kappa shape index (κ3) is 5.28. The molecule has 2 rings (SSSR count). The second kappa shape index (κ2) is 9.37. The summed E-state index contributed by atoms with van der Waals surface area (Å²) in [5.74, 6) is 0.112. The number of ether oxygens (including phenoxy) is 1. The standard InChI is InChI=1S/C17H29N3O2S/c1-4-7-18-17(21)14(2)19(3)13-15(16-6-5-12-23-16)20-8-10-22-11-9-20/h5-6,12,14-15H,4,7-11,13H2,1-3H3,(H,18,21)/t14-,15+/m0/s1. The maximum atomic E-state index is 12.2. The van der Waals surface area contributed by atoms with E-state index >= 15 is 0 Å². The van der Waals surface area contributed by atoms with Crippen molar-refractivity contribution in [2.45, 2.75) is 32.4 Å². The molecule has 1 aliphatic heterocycles. The van der Waals surface area contributed by atoms with E-state index in [1.54, 1.807) is 11.3 Å². The molecule has 0 aliphatic carbocycles. The Kier molecular flexibility index (Phi) is 7.49. The maximum Gasteiger partial charge on any atom is 0.237 e. The van der Waals surface area contributed by atoms with E-state index in [1.807, 2.05) is 14.0 Å². The molecule has 2 heterocycles. The summed E-state index contributed by atoms with van der Waals surface area (Å²) in [4.78, 5) is 18.2. The highest BCUT2D eigenvalue weighted by Gasteiger charge is 2.27. The third-order valence-corrected chi connectivity index (χ3v) is 5.38. The fraction of sp³-hybridized carbons (Fsp3) is 0.706. The van der Waals surface area contributed by atoms with Crippen molar-refractivity contribution in [2.24, 2.45) is 0 Å². The molecular weight excluding hydrogens is 310 g/mol. The topological polar surface area (TPSA) is 44.8 Å². The van der Waals surface area contributed by atoms with Crippen LogP contribution in [0.1, 0.15) is 31.2 Å². The Balaban J connectivity index is 2.00. The van der Waals surface area contributed by atoms with Crippen LogP contribution in [0.25, 0.3) is 0 Å². The molecule has 0 radical (unpaired) electrons. The van der Waals surface area contributed by atoms with Crippen molar-refractivity contribution in [1.29, 1.82) is 0 Å². The predicted octanol–water partition coefficient (Wildman–Crippen LogP) is 1.97. The van der Waals surface area contributed by atoms with Gasteiger partial charge in [-0.15, -0.1) is 11.3 Å². The van der Waals surface area contributed by atoms with Gasteiger partial charge in [-0.25, -0.2) is 0 Å². The Bertz CT molecular complexity index is 460. The Morgan fingerprint density at radius 3 is 2.83 bits per heavy atom. The minimum atomic E-state index is -0.120. The normalized spacial score (nSPS) is 18.8. The summed E-state index contributed by atoms with van der Waals surface area (Å²) < 4.78 is 5.49. The van der Waals surface area contributed by atoms with Crippen molar-refractivity contribution in [3.63, 3.8) is 0 Å². The van der Waals surface area contributed by atoms with Crippen LogP contribution in [-0.2, 0) is 9.53 Å². The van der Waals surface area contributed by atoms with Gasteiger partial charge in [-0.3, -0.25) is 14.6 Å². The molecule has 1 aromatic rings. The van der Waals surface area contributed by atoms with Crippen molar-refractivity contribution < 1.29 is 9.53 Å². The lowest BCUT2D eigenvalue weighted by Crippen LogP contribution is -2.48. The summed E-state index contributed by atoms with van der Waals surface area (Å²) in [6, 6.07) is 4.50. The van der Waals surface area contributed by atoms with Gasteiger partial charge < -0.3 is 10.1 Å². The molecule has 1 aromatic heterocycles. The van der Waals surface area contributed by atoms with Crippen LogP contribution in [0.3, 0.4) is 0 Å². The maximum absolute atomic E-state index is 12.2. The number of morpholine rings is 1. The van der Waals surface area contributed by atoms with Crippen LogP contribution in [0.15, 0.2) is 17.5 Å². The molecular formula is C17H29N3O2S. The fourth-order valence-electron chi connectivity index (χ4n) is 2.78. The molecule has 1 aliphatic rings. The van der Waals surface area contributed by atoms with Crippen molar-refractivity contribution in [3.05, 3.63) is 22.4 Å². The zero-order valence-corrected chi connectivity index (χ0v) is 15.3. The van der Waals surface area contributed by atoms with E-state index < -0.39 is 0 Å². The highest BCUT2D eigenvalue weighted by atomic mass is 32.1. The number of rotatable bonds is 8. The third-order valence-electron chi connectivity index (χ3n) is 4.41. The van der Waals surface area contributed by atoms with Gasteiger partial charge in [0.15, 0.2) is 0 Å². The molecule has 1 amide bonds. The molecule has 1 saturated heterocycles. The molecule has 0 unspecified atom stereocenters. The Labute approximate surface area is 143 Å². The van der Waals surface area contributed by atoms with Gasteiger partial charge in [-0.1, -0.05) is 13.0 Å². The van der Waals surface area contributed by atoms with Crippen LogP contribution >= 0.6 is 11.3 Å². The number of amides is 1. The monoisotopic (exact) mass is 339 g/mol. The molecule has 6 heteroatoms. The molecule has 0 spiro atoms. The lowest BCUT2D eigenvalue weighted by molar-refractivity contribution is -0.125. The molecule has 2 atom stereocenters. The van der Waals surface area contributed by atoms with Gasteiger partial charge in [0, 0.05) is 31.1 Å². The second-order valence-corrected chi connectivity index (χ2v) is 7.07. The summed E-state index contributed by atoms with van der Waals surface area (Å²) in [7, 11) is 2.04. The first kappa shape index (κ1) is 18.4. The minimum absolute atomic E-state index is 0.112. The van der Waals surface area contributed by atoms with E-state index in [2.05, 4.69) is 39.6 Å². The van der Waals surface area contributed by atoms with Gasteiger partial charge in [-0.05, 0) is 31.8 Å². The molecule has 0 saturated carbocycles. The Morgan fingerprint density at radius 1 is 1.48 bits per heavy atom. The average molecular weight is 340 g/mol. The van der Waals surface area contributed by atoms with Gasteiger partial charge in [0.1, 0.15) is 0 Å². The second-order valence-electron chi connectivity index (χ2n) is 6.09. The van der Waals surface area contributed by atoms with Crippen molar-refractivity contribution >= 4 is 17.2 Å². The quantitative estimate of drug-likeness (QED) is 0.786. The van der Waals surface area contributed by atoms with E-state index in [1.165, 1.54) is 4.88 Å². The van der Waals surface area contributed by atoms with Crippen LogP contribution < -0.4 is 5.32 Å². The first-order valence-electron chi connectivity index (χ1n) is 8.46. The van der Waals surface area contributed by atoms with Gasteiger partial charge >= 0.3 is 0 Å². The smallest absolute Gasteiger partial charge is 0.237 e. The number of carbonyl (C=O) groups is 1. The highest BCUT2D eigenvalue weighted by Crippen LogP contribution is 2.27. The molecule has 130 valence electrons. The van der Waals surface area contributed by atoms with Crippen LogP contribution in [0, 0.1) is 0 Å². The van der Waals surface area contributed by atoms with E-state index in [0.29, 0.717) is 6.04 Å². The van der Waals surface area contributed by atoms with Crippen molar-refractivity contribution in [3.8, 4) is 0 Å². The van der Waals surface area contributed by atoms with Gasteiger partial charge in [0.2, 0.25) is 5.91 Å². The number of nitrogens with zero attached hydrogens (tertiary/aromatic N) is 2. The van der Waals surface area contributed by atoms with E-state index in [-0.39, 0.29) is 11.9 Å². The highest BCUT2D eigenvalue weighted by molar-refractivity contribution is 7.10. The molecule has 0 aromatic carbocycles. The molecule has 1 fully saturated rings. The summed E-state index contributed by atoms with van der Waals surface area (Å²) in [6.07, 6.45) is 0.966. The van der Waals surface area contributed by atoms with E-state index in [0.717, 1.165) is 45.8 Å². The first-order valence-corrected chi connectivity index (χ1v) is 9.34. The fourth-order valence-corrected chi connectivity index (χ4v) is 3.63. The van der Waals surface area contributed by atoms with E-state index in [9.17, 15) is 4.79 Å². The summed E-state index contributed by atoms with van der Waals surface area (Å²) in [6.45, 7) is 9.13. The number of hydrogen-bond acceptors (Lipinski definition) is 5. The van der Waals surface area contributed by atoms with Crippen LogP contribution in [0.5, 0.6) is 0 Å². The SMILES string of the molecule is CCCNC(=O)[C@H](C)N(C)C[C@H](c1cccs1)N1CCOCC1. The Morgan fingerprint density at radius 2 is 2.22 bits per heavy atom. The first-order chi connectivity index (χ1) is 11.1.